The summed E-state index contributed by atoms with van der Waals surface area (Å²) < 4.78 is 32.5. The molecule has 1 amide bonds. The monoisotopic (exact) mass is 437 g/mol. The second-order valence-corrected chi connectivity index (χ2v) is 8.80. The largest absolute Gasteiger partial charge is 0.495 e. The van der Waals surface area contributed by atoms with Gasteiger partial charge in [0.1, 0.15) is 10.6 Å². The third-order valence-electron chi connectivity index (χ3n) is 4.77. The summed E-state index contributed by atoms with van der Waals surface area (Å²) in [6.45, 7) is 4.35. The lowest BCUT2D eigenvalue weighted by molar-refractivity contribution is 0.0746. The van der Waals surface area contributed by atoms with Gasteiger partial charge in [-0.05, 0) is 36.4 Å². The molecule has 0 radical (unpaired) electrons. The number of ether oxygens (including phenoxy) is 1. The highest BCUT2D eigenvalue weighted by Gasteiger charge is 2.25. The first-order chi connectivity index (χ1) is 13.9. The summed E-state index contributed by atoms with van der Waals surface area (Å²) in [5.41, 5.74) is 1.34. The number of carbonyl (C=O) groups excluding carboxylic acids is 1. The minimum absolute atomic E-state index is 0.0368. The molecule has 9 heteroatoms. The molecule has 3 rings (SSSR count). The van der Waals surface area contributed by atoms with Crippen LogP contribution in [0.2, 0.25) is 5.02 Å². The van der Waals surface area contributed by atoms with E-state index in [1.54, 1.807) is 17.9 Å². The molecule has 0 aromatic heterocycles. The van der Waals surface area contributed by atoms with Crippen molar-refractivity contribution in [3.05, 3.63) is 53.1 Å². The smallest absolute Gasteiger partial charge is 0.254 e. The van der Waals surface area contributed by atoms with Crippen LogP contribution in [-0.4, -0.2) is 59.1 Å². The summed E-state index contributed by atoms with van der Waals surface area (Å²) in [6.07, 6.45) is 0. The van der Waals surface area contributed by atoms with Crippen molar-refractivity contribution in [2.24, 2.45) is 0 Å². The summed E-state index contributed by atoms with van der Waals surface area (Å²) in [4.78, 5) is 16.8. The molecule has 2 aromatic carbocycles. The molecule has 1 aliphatic rings. The molecule has 1 saturated heterocycles. The molecule has 0 saturated carbocycles. The first kappa shape index (κ1) is 21.4. The Morgan fingerprint density at radius 1 is 1.14 bits per heavy atom. The molecule has 1 heterocycles. The minimum atomic E-state index is -3.76. The number of halogens is 1. The molecule has 0 spiro atoms. The van der Waals surface area contributed by atoms with Crippen LogP contribution in [0.3, 0.4) is 0 Å². The zero-order valence-electron chi connectivity index (χ0n) is 16.4. The number of anilines is 1. The fraction of sp³-hybridized carbons (Fsp3) is 0.350. The van der Waals surface area contributed by atoms with E-state index in [-0.39, 0.29) is 23.1 Å². The molecule has 1 N–H and O–H groups in total. The third-order valence-corrected chi connectivity index (χ3v) is 6.58. The average molecular weight is 438 g/mol. The van der Waals surface area contributed by atoms with Crippen LogP contribution < -0.4 is 14.4 Å². The Hall–Kier alpha value is -2.29. The first-order valence-corrected chi connectivity index (χ1v) is 11.2. The van der Waals surface area contributed by atoms with Crippen LogP contribution in [0.4, 0.5) is 5.69 Å². The molecule has 0 atom stereocenters. The molecular formula is C20H24ClN3O4S. The van der Waals surface area contributed by atoms with Crippen molar-refractivity contribution in [1.29, 1.82) is 0 Å². The highest BCUT2D eigenvalue weighted by atomic mass is 35.5. The molecule has 1 aliphatic heterocycles. The van der Waals surface area contributed by atoms with Crippen LogP contribution in [0.25, 0.3) is 0 Å². The molecule has 7 nitrogen and oxygen atoms in total. The SMILES string of the molecule is CCNS(=O)(=O)c1cc(C(=O)N2CCN(c3cccc(Cl)c3)CC2)ccc1OC. The van der Waals surface area contributed by atoms with Crippen molar-refractivity contribution < 1.29 is 17.9 Å². The van der Waals surface area contributed by atoms with Crippen molar-refractivity contribution in [3.8, 4) is 5.75 Å². The van der Waals surface area contributed by atoms with Crippen molar-refractivity contribution in [2.45, 2.75) is 11.8 Å². The van der Waals surface area contributed by atoms with E-state index in [2.05, 4.69) is 9.62 Å². The van der Waals surface area contributed by atoms with Gasteiger partial charge in [-0.2, -0.15) is 0 Å². The molecule has 29 heavy (non-hydrogen) atoms. The number of nitrogens with one attached hydrogen (secondary N) is 1. The van der Waals surface area contributed by atoms with Gasteiger partial charge in [-0.3, -0.25) is 4.79 Å². The van der Waals surface area contributed by atoms with Gasteiger partial charge in [-0.25, -0.2) is 13.1 Å². The summed E-state index contributed by atoms with van der Waals surface area (Å²) >= 11 is 6.07. The zero-order valence-corrected chi connectivity index (χ0v) is 18.0. The zero-order chi connectivity index (χ0) is 21.0. The van der Waals surface area contributed by atoms with Gasteiger partial charge in [0.2, 0.25) is 10.0 Å². The van der Waals surface area contributed by atoms with Gasteiger partial charge in [-0.15, -0.1) is 0 Å². The number of piperazine rings is 1. The van der Waals surface area contributed by atoms with Crippen LogP contribution >= 0.6 is 11.6 Å². The summed E-state index contributed by atoms with van der Waals surface area (Å²) in [5, 5.41) is 0.675. The second-order valence-electron chi connectivity index (χ2n) is 6.63. The summed E-state index contributed by atoms with van der Waals surface area (Å²) in [5.74, 6) is -0.000351. The molecule has 0 bridgehead atoms. The van der Waals surface area contributed by atoms with Gasteiger partial charge in [0.25, 0.3) is 5.91 Å². The van der Waals surface area contributed by atoms with E-state index >= 15 is 0 Å². The van der Waals surface area contributed by atoms with Crippen molar-refractivity contribution >= 4 is 33.2 Å². The van der Waals surface area contributed by atoms with Crippen molar-refractivity contribution in [2.75, 3.05) is 44.7 Å². The molecule has 0 aliphatic carbocycles. The van der Waals surface area contributed by atoms with E-state index in [1.165, 1.54) is 19.2 Å². The second kappa shape index (κ2) is 9.02. The van der Waals surface area contributed by atoms with Crippen LogP contribution in [-0.2, 0) is 10.0 Å². The maximum Gasteiger partial charge on any atom is 0.254 e. The quantitative estimate of drug-likeness (QED) is 0.751. The minimum Gasteiger partial charge on any atom is -0.495 e. The van der Waals surface area contributed by atoms with Crippen molar-refractivity contribution in [1.82, 2.24) is 9.62 Å². The lowest BCUT2D eigenvalue weighted by atomic mass is 10.1. The van der Waals surface area contributed by atoms with E-state index in [1.807, 2.05) is 24.3 Å². The fourth-order valence-electron chi connectivity index (χ4n) is 3.31. The van der Waals surface area contributed by atoms with E-state index in [4.69, 9.17) is 16.3 Å². The number of benzene rings is 2. The molecule has 2 aromatic rings. The maximum absolute atomic E-state index is 13.0. The van der Waals surface area contributed by atoms with Gasteiger partial charge in [0, 0.05) is 49.0 Å². The average Bonchev–Trinajstić information content (AvgIpc) is 2.73. The number of amides is 1. The Labute approximate surface area is 176 Å². The van der Waals surface area contributed by atoms with Crippen LogP contribution in [0, 0.1) is 0 Å². The number of rotatable bonds is 6. The lowest BCUT2D eigenvalue weighted by Gasteiger charge is -2.36. The predicted molar refractivity (Wildman–Crippen MR) is 113 cm³/mol. The lowest BCUT2D eigenvalue weighted by Crippen LogP contribution is -2.48. The van der Waals surface area contributed by atoms with Gasteiger partial charge in [0.15, 0.2) is 0 Å². The van der Waals surface area contributed by atoms with E-state index < -0.39 is 10.0 Å². The Bertz CT molecular complexity index is 989. The normalized spacial score (nSPS) is 14.7. The van der Waals surface area contributed by atoms with Crippen LogP contribution in [0.5, 0.6) is 5.75 Å². The molecule has 1 fully saturated rings. The van der Waals surface area contributed by atoms with Gasteiger partial charge in [0.05, 0.1) is 7.11 Å². The Morgan fingerprint density at radius 2 is 1.86 bits per heavy atom. The van der Waals surface area contributed by atoms with Gasteiger partial charge >= 0.3 is 0 Å². The van der Waals surface area contributed by atoms with Crippen LogP contribution in [0.1, 0.15) is 17.3 Å². The Kier molecular flexibility index (Phi) is 6.66. The Morgan fingerprint density at radius 3 is 2.48 bits per heavy atom. The number of sulfonamides is 1. The number of hydrogen-bond acceptors (Lipinski definition) is 5. The third kappa shape index (κ3) is 4.83. The number of nitrogens with zero attached hydrogens (tertiary/aromatic N) is 2. The van der Waals surface area contributed by atoms with Crippen molar-refractivity contribution in [3.63, 3.8) is 0 Å². The summed E-state index contributed by atoms with van der Waals surface area (Å²) in [6, 6.07) is 12.1. The van der Waals surface area contributed by atoms with E-state index in [0.29, 0.717) is 36.8 Å². The highest BCUT2D eigenvalue weighted by Crippen LogP contribution is 2.26. The standard InChI is InChI=1S/C20H24ClN3O4S/c1-3-22-29(26,27)19-13-15(7-8-18(19)28-2)20(25)24-11-9-23(10-12-24)17-6-4-5-16(21)14-17/h4-8,13-14,22H,3,9-12H2,1-2H3. The van der Waals surface area contributed by atoms with Gasteiger partial charge < -0.3 is 14.5 Å². The predicted octanol–water partition coefficient (Wildman–Crippen LogP) is 2.61. The van der Waals surface area contributed by atoms with E-state index in [0.717, 1.165) is 5.69 Å². The summed E-state index contributed by atoms with van der Waals surface area (Å²) in [7, 11) is -2.36. The van der Waals surface area contributed by atoms with Gasteiger partial charge in [-0.1, -0.05) is 24.6 Å². The molecule has 156 valence electrons. The molecular weight excluding hydrogens is 414 g/mol. The fourth-order valence-corrected chi connectivity index (χ4v) is 4.73. The first-order valence-electron chi connectivity index (χ1n) is 9.33. The number of carbonyl (C=O) groups is 1. The maximum atomic E-state index is 13.0. The topological polar surface area (TPSA) is 79.0 Å². The number of methoxy groups -OCH3 is 1. The highest BCUT2D eigenvalue weighted by molar-refractivity contribution is 7.89. The Balaban J connectivity index is 1.76. The van der Waals surface area contributed by atoms with Crippen LogP contribution in [0.15, 0.2) is 47.4 Å². The number of hydrogen-bond donors (Lipinski definition) is 1. The molecule has 0 unspecified atom stereocenters. The van der Waals surface area contributed by atoms with E-state index in [9.17, 15) is 13.2 Å².